The Morgan fingerprint density at radius 2 is 1.93 bits per heavy atom. The lowest BCUT2D eigenvalue weighted by atomic mass is 9.86. The van der Waals surface area contributed by atoms with Crippen LogP contribution in [0.5, 0.6) is 0 Å². The number of hydrogen-bond acceptors (Lipinski definition) is 1. The van der Waals surface area contributed by atoms with Gasteiger partial charge in [-0.1, -0.05) is 31.6 Å². The van der Waals surface area contributed by atoms with Gasteiger partial charge >= 0.3 is 0 Å². The van der Waals surface area contributed by atoms with Gasteiger partial charge in [-0.3, -0.25) is 4.79 Å². The number of Topliss-reactive ketones (excluding diaryl/α,β-unsaturated/α-hetero) is 1. The molecule has 1 atom stereocenters. The lowest BCUT2D eigenvalue weighted by Gasteiger charge is -2.24. The van der Waals surface area contributed by atoms with Crippen molar-refractivity contribution in [3.63, 3.8) is 0 Å². The van der Waals surface area contributed by atoms with Gasteiger partial charge in [0.1, 0.15) is 0 Å². The molecule has 0 aliphatic heterocycles. The van der Waals surface area contributed by atoms with E-state index >= 15 is 0 Å². The first kappa shape index (κ1) is 10.2. The average molecular weight is 208 g/mol. The minimum atomic E-state index is -1.37. The van der Waals surface area contributed by atoms with Crippen LogP contribution in [0, 0.1) is 5.92 Å². The van der Waals surface area contributed by atoms with Crippen molar-refractivity contribution in [1.29, 1.82) is 0 Å². The highest BCUT2D eigenvalue weighted by Gasteiger charge is 2.38. The molecule has 0 amide bonds. The largest absolute Gasteiger partial charge is 0.295 e. The number of carbonyl (C=O) groups excluding carboxylic acids is 1. The van der Waals surface area contributed by atoms with Crippen LogP contribution in [0.2, 0.25) is 19.6 Å². The van der Waals surface area contributed by atoms with E-state index in [9.17, 15) is 4.79 Å². The van der Waals surface area contributed by atoms with E-state index in [1.54, 1.807) is 5.57 Å². The zero-order chi connectivity index (χ0) is 10.3. The van der Waals surface area contributed by atoms with E-state index in [0.29, 0.717) is 11.7 Å². The molecule has 1 saturated carbocycles. The molecule has 0 radical (unpaired) electrons. The third-order valence-corrected chi connectivity index (χ3v) is 5.62. The highest BCUT2D eigenvalue weighted by atomic mass is 28.3. The zero-order valence-corrected chi connectivity index (χ0v) is 10.5. The summed E-state index contributed by atoms with van der Waals surface area (Å²) in [6.07, 6.45) is 5.98. The Morgan fingerprint density at radius 1 is 1.21 bits per heavy atom. The lowest BCUT2D eigenvalue weighted by Crippen LogP contribution is -2.28. The molecular formula is C12H20OSi. The van der Waals surface area contributed by atoms with E-state index in [4.69, 9.17) is 0 Å². The maximum Gasteiger partial charge on any atom is 0.155 e. The van der Waals surface area contributed by atoms with Crippen molar-refractivity contribution in [2.75, 3.05) is 0 Å². The summed E-state index contributed by atoms with van der Waals surface area (Å²) in [7, 11) is -1.37. The first-order chi connectivity index (χ1) is 6.50. The van der Waals surface area contributed by atoms with Gasteiger partial charge in [-0.2, -0.15) is 0 Å². The normalized spacial score (nSPS) is 28.2. The molecular weight excluding hydrogens is 188 g/mol. The maximum atomic E-state index is 12.0. The van der Waals surface area contributed by atoms with Crippen molar-refractivity contribution < 1.29 is 4.79 Å². The Hall–Kier alpha value is -0.373. The van der Waals surface area contributed by atoms with Gasteiger partial charge in [0.05, 0.1) is 8.07 Å². The number of fused-ring (bicyclic) bond motifs is 1. The van der Waals surface area contributed by atoms with E-state index < -0.39 is 8.07 Å². The van der Waals surface area contributed by atoms with Gasteiger partial charge < -0.3 is 0 Å². The Balaban J connectivity index is 2.39. The fraction of sp³-hybridized carbons (Fsp3) is 0.750. The van der Waals surface area contributed by atoms with Gasteiger partial charge in [-0.05, 0) is 30.4 Å². The summed E-state index contributed by atoms with van der Waals surface area (Å²) in [6.45, 7) is 6.93. The van der Waals surface area contributed by atoms with Crippen molar-refractivity contribution in [3.05, 3.63) is 10.8 Å². The molecule has 0 saturated heterocycles. The van der Waals surface area contributed by atoms with Crippen LogP contribution in [0.25, 0.3) is 0 Å². The van der Waals surface area contributed by atoms with E-state index in [2.05, 4.69) is 19.6 Å². The minimum Gasteiger partial charge on any atom is -0.295 e. The third-order valence-electron chi connectivity index (χ3n) is 3.52. The Kier molecular flexibility index (Phi) is 2.42. The Morgan fingerprint density at radius 3 is 2.57 bits per heavy atom. The van der Waals surface area contributed by atoms with Crippen LogP contribution in [0.3, 0.4) is 0 Å². The number of allylic oxidation sites excluding steroid dienone is 2. The molecule has 14 heavy (non-hydrogen) atoms. The lowest BCUT2D eigenvalue weighted by molar-refractivity contribution is -0.114. The molecule has 0 unspecified atom stereocenters. The van der Waals surface area contributed by atoms with Crippen molar-refractivity contribution in [2.24, 2.45) is 5.92 Å². The molecule has 0 aromatic heterocycles. The smallest absolute Gasteiger partial charge is 0.155 e. The first-order valence-corrected chi connectivity index (χ1v) is 9.27. The monoisotopic (exact) mass is 208 g/mol. The maximum absolute atomic E-state index is 12.0. The molecule has 0 bridgehead atoms. The Labute approximate surface area is 87.6 Å². The molecule has 0 aromatic carbocycles. The summed E-state index contributed by atoms with van der Waals surface area (Å²) < 4.78 is 0. The highest BCUT2D eigenvalue weighted by Crippen LogP contribution is 2.42. The second-order valence-electron chi connectivity index (χ2n) is 5.72. The molecule has 0 aromatic rings. The van der Waals surface area contributed by atoms with E-state index in [1.807, 2.05) is 0 Å². The second kappa shape index (κ2) is 3.33. The molecule has 1 nitrogen and oxygen atoms in total. The number of carbonyl (C=O) groups is 1. The summed E-state index contributed by atoms with van der Waals surface area (Å²) in [5, 5.41) is 1.31. The van der Waals surface area contributed by atoms with Crippen molar-refractivity contribution in [2.45, 2.75) is 51.7 Å². The van der Waals surface area contributed by atoms with Crippen LogP contribution in [-0.4, -0.2) is 13.9 Å². The fourth-order valence-electron chi connectivity index (χ4n) is 3.04. The van der Waals surface area contributed by atoms with Gasteiger partial charge in [0.2, 0.25) is 0 Å². The van der Waals surface area contributed by atoms with Gasteiger partial charge in [0.15, 0.2) is 5.78 Å². The number of rotatable bonds is 1. The molecule has 2 aliphatic carbocycles. The Bertz CT molecular complexity index is 296. The van der Waals surface area contributed by atoms with Crippen LogP contribution in [0.15, 0.2) is 10.8 Å². The predicted molar refractivity (Wildman–Crippen MR) is 62.0 cm³/mol. The van der Waals surface area contributed by atoms with Crippen LogP contribution in [0.4, 0.5) is 0 Å². The quantitative estimate of drug-likeness (QED) is 0.604. The van der Waals surface area contributed by atoms with Gasteiger partial charge in [-0.25, -0.2) is 0 Å². The summed E-state index contributed by atoms with van der Waals surface area (Å²) in [6, 6.07) is 0. The summed E-state index contributed by atoms with van der Waals surface area (Å²) in [5.74, 6) is 1.14. The van der Waals surface area contributed by atoms with E-state index in [-0.39, 0.29) is 0 Å². The van der Waals surface area contributed by atoms with Crippen LogP contribution < -0.4 is 0 Å². The standard InChI is InChI=1S/C12H20OSi/c1-14(2,3)12-10-7-5-4-6-9(10)8-11(12)13/h9H,4-8H2,1-3H3/t9-/m0/s1. The fourth-order valence-corrected chi connectivity index (χ4v) is 5.27. The topological polar surface area (TPSA) is 17.1 Å². The van der Waals surface area contributed by atoms with Crippen molar-refractivity contribution in [1.82, 2.24) is 0 Å². The zero-order valence-electron chi connectivity index (χ0n) is 9.52. The SMILES string of the molecule is C[Si](C)(C)C1=C2CCCC[C@H]2CC1=O. The van der Waals surface area contributed by atoms with Gasteiger partial charge in [0.25, 0.3) is 0 Å². The summed E-state index contributed by atoms with van der Waals surface area (Å²) in [4.78, 5) is 12.0. The van der Waals surface area contributed by atoms with Crippen molar-refractivity contribution in [3.8, 4) is 0 Å². The van der Waals surface area contributed by atoms with Gasteiger partial charge in [-0.15, -0.1) is 0 Å². The molecule has 2 rings (SSSR count). The molecule has 1 fully saturated rings. The number of ketones is 1. The molecule has 0 N–H and O–H groups in total. The molecule has 78 valence electrons. The van der Waals surface area contributed by atoms with E-state index in [0.717, 1.165) is 6.42 Å². The van der Waals surface area contributed by atoms with Crippen molar-refractivity contribution >= 4 is 13.9 Å². The molecule has 0 spiro atoms. The van der Waals surface area contributed by atoms with Crippen LogP contribution in [-0.2, 0) is 4.79 Å². The molecule has 2 aliphatic rings. The minimum absolute atomic E-state index is 0.492. The molecule has 0 heterocycles. The number of hydrogen-bond donors (Lipinski definition) is 0. The summed E-state index contributed by atoms with van der Waals surface area (Å²) >= 11 is 0. The van der Waals surface area contributed by atoms with Crippen LogP contribution in [0.1, 0.15) is 32.1 Å². The van der Waals surface area contributed by atoms with Gasteiger partial charge in [0, 0.05) is 6.42 Å². The second-order valence-corrected chi connectivity index (χ2v) is 10.7. The summed E-state index contributed by atoms with van der Waals surface area (Å²) in [5.41, 5.74) is 1.57. The van der Waals surface area contributed by atoms with E-state index in [1.165, 1.54) is 30.9 Å². The third kappa shape index (κ3) is 1.60. The average Bonchev–Trinajstić information content (AvgIpc) is 2.38. The highest BCUT2D eigenvalue weighted by molar-refractivity contribution is 6.87. The van der Waals surface area contributed by atoms with Crippen LogP contribution >= 0.6 is 0 Å². The predicted octanol–water partition coefficient (Wildman–Crippen LogP) is 3.32. The molecule has 2 heteroatoms. The first-order valence-electron chi connectivity index (χ1n) is 5.77.